The largest absolute Gasteiger partial charge is 0.508 e. The Labute approximate surface area is 142 Å². The van der Waals surface area contributed by atoms with Crippen molar-refractivity contribution in [2.45, 2.75) is 26.3 Å². The summed E-state index contributed by atoms with van der Waals surface area (Å²) < 4.78 is 0. The molecule has 1 atom stereocenters. The van der Waals surface area contributed by atoms with Gasteiger partial charge in [-0.2, -0.15) is 0 Å². The lowest BCUT2D eigenvalue weighted by Gasteiger charge is -2.20. The topological polar surface area (TPSA) is 64.6 Å². The Morgan fingerprint density at radius 3 is 2.88 bits per heavy atom. The van der Waals surface area contributed by atoms with Crippen LogP contribution in [-0.2, 0) is 6.42 Å². The number of hydrogen-bond acceptors (Lipinski definition) is 3. The minimum atomic E-state index is -0.0468. The van der Waals surface area contributed by atoms with Crippen molar-refractivity contribution in [3.05, 3.63) is 53.6 Å². The Hall–Kier alpha value is -2.69. The highest BCUT2D eigenvalue weighted by molar-refractivity contribution is 5.94. The number of nitrogens with one attached hydrogen (secondary N) is 2. The van der Waals surface area contributed by atoms with Crippen molar-refractivity contribution >= 4 is 17.4 Å². The lowest BCUT2D eigenvalue weighted by molar-refractivity contribution is 0.247. The Kier molecular flexibility index (Phi) is 4.60. The first-order valence-corrected chi connectivity index (χ1v) is 8.32. The second kappa shape index (κ2) is 6.83. The van der Waals surface area contributed by atoms with Crippen molar-refractivity contribution in [3.8, 4) is 5.75 Å². The van der Waals surface area contributed by atoms with Gasteiger partial charge < -0.3 is 15.7 Å². The lowest BCUT2D eigenvalue weighted by Crippen LogP contribution is -2.38. The molecule has 0 saturated heterocycles. The van der Waals surface area contributed by atoms with Gasteiger partial charge in [-0.05, 0) is 55.7 Å². The van der Waals surface area contributed by atoms with E-state index in [1.807, 2.05) is 38.1 Å². The van der Waals surface area contributed by atoms with Crippen molar-refractivity contribution in [2.75, 3.05) is 23.3 Å². The predicted molar refractivity (Wildman–Crippen MR) is 96.7 cm³/mol. The molecule has 126 valence electrons. The van der Waals surface area contributed by atoms with Crippen LogP contribution in [0.3, 0.4) is 0 Å². The maximum atomic E-state index is 12.2. The van der Waals surface area contributed by atoms with Gasteiger partial charge in [0.15, 0.2) is 0 Å². The number of carbonyl (C=O) groups excluding carboxylic acids is 1. The Morgan fingerprint density at radius 1 is 1.29 bits per heavy atom. The van der Waals surface area contributed by atoms with Gasteiger partial charge in [-0.15, -0.1) is 0 Å². The highest BCUT2D eigenvalue weighted by Crippen LogP contribution is 2.32. The van der Waals surface area contributed by atoms with Crippen LogP contribution >= 0.6 is 0 Å². The zero-order valence-corrected chi connectivity index (χ0v) is 14.0. The molecular weight excluding hydrogens is 302 g/mol. The summed E-state index contributed by atoms with van der Waals surface area (Å²) in [6, 6.07) is 13.4. The smallest absolute Gasteiger partial charge is 0.321 e. The maximum absolute atomic E-state index is 12.2. The number of benzene rings is 2. The summed E-state index contributed by atoms with van der Waals surface area (Å²) >= 11 is 0. The monoisotopic (exact) mass is 325 g/mol. The first-order chi connectivity index (χ1) is 11.6. The van der Waals surface area contributed by atoms with Crippen molar-refractivity contribution in [3.63, 3.8) is 0 Å². The molecule has 3 N–H and O–H groups in total. The summed E-state index contributed by atoms with van der Waals surface area (Å²) in [7, 11) is 0. The quantitative estimate of drug-likeness (QED) is 0.804. The molecule has 1 aliphatic heterocycles. The molecule has 5 nitrogen and oxygen atoms in total. The third-order valence-electron chi connectivity index (χ3n) is 4.31. The molecular formula is C19H23N3O2. The highest BCUT2D eigenvalue weighted by atomic mass is 16.3. The van der Waals surface area contributed by atoms with Gasteiger partial charge in [-0.25, -0.2) is 4.79 Å². The number of carbonyl (C=O) groups is 1. The fourth-order valence-corrected chi connectivity index (χ4v) is 3.05. The van der Waals surface area contributed by atoms with Gasteiger partial charge in [0.05, 0.1) is 5.69 Å². The molecule has 0 saturated carbocycles. The van der Waals surface area contributed by atoms with E-state index < -0.39 is 0 Å². The Balaban J connectivity index is 1.78. The number of phenolic OH excluding ortho intramolecular Hbond substituents is 1. The zero-order valence-electron chi connectivity index (χ0n) is 14.0. The van der Waals surface area contributed by atoms with Crippen molar-refractivity contribution < 1.29 is 9.90 Å². The van der Waals surface area contributed by atoms with Gasteiger partial charge in [0, 0.05) is 24.8 Å². The molecule has 1 heterocycles. The number of rotatable bonds is 4. The van der Waals surface area contributed by atoms with Gasteiger partial charge in [0.1, 0.15) is 5.75 Å². The van der Waals surface area contributed by atoms with E-state index in [4.69, 9.17) is 0 Å². The van der Waals surface area contributed by atoms with Crippen LogP contribution in [0.15, 0.2) is 42.5 Å². The third kappa shape index (κ3) is 3.30. The van der Waals surface area contributed by atoms with E-state index in [-0.39, 0.29) is 17.8 Å². The first-order valence-electron chi connectivity index (χ1n) is 8.32. The SMILES string of the molecule is CCNC(=O)N1CCc2ccc(N[C@@H](C)c3cccc(O)c3)cc21. The van der Waals surface area contributed by atoms with Gasteiger partial charge in [0.25, 0.3) is 0 Å². The minimum Gasteiger partial charge on any atom is -0.508 e. The number of fused-ring (bicyclic) bond motifs is 1. The Morgan fingerprint density at radius 2 is 2.12 bits per heavy atom. The van der Waals surface area contributed by atoms with Crippen molar-refractivity contribution in [1.29, 1.82) is 0 Å². The molecule has 0 aliphatic carbocycles. The fourth-order valence-electron chi connectivity index (χ4n) is 3.05. The van der Waals surface area contributed by atoms with Gasteiger partial charge in [0.2, 0.25) is 0 Å². The number of amides is 2. The minimum absolute atomic E-state index is 0.0468. The third-order valence-corrected chi connectivity index (χ3v) is 4.31. The second-order valence-electron chi connectivity index (χ2n) is 6.04. The van der Waals surface area contributed by atoms with E-state index >= 15 is 0 Å². The van der Waals surface area contributed by atoms with E-state index in [2.05, 4.69) is 16.7 Å². The van der Waals surface area contributed by atoms with Crippen LogP contribution in [0.1, 0.15) is 31.0 Å². The van der Waals surface area contributed by atoms with E-state index in [1.54, 1.807) is 17.0 Å². The van der Waals surface area contributed by atoms with Gasteiger partial charge >= 0.3 is 6.03 Å². The van der Waals surface area contributed by atoms with Crippen LogP contribution < -0.4 is 15.5 Å². The molecule has 0 unspecified atom stereocenters. The van der Waals surface area contributed by atoms with Gasteiger partial charge in [-0.3, -0.25) is 4.90 Å². The number of anilines is 2. The molecule has 24 heavy (non-hydrogen) atoms. The molecule has 5 heteroatoms. The van der Waals surface area contributed by atoms with Crippen molar-refractivity contribution in [1.82, 2.24) is 5.32 Å². The number of aromatic hydroxyl groups is 1. The van der Waals surface area contributed by atoms with E-state index in [0.717, 1.165) is 23.4 Å². The van der Waals surface area contributed by atoms with Crippen LogP contribution in [0.4, 0.5) is 16.2 Å². The highest BCUT2D eigenvalue weighted by Gasteiger charge is 2.24. The maximum Gasteiger partial charge on any atom is 0.321 e. The summed E-state index contributed by atoms with van der Waals surface area (Å²) in [4.78, 5) is 14.0. The molecule has 0 radical (unpaired) electrons. The number of hydrogen-bond donors (Lipinski definition) is 3. The molecule has 0 bridgehead atoms. The van der Waals surface area contributed by atoms with Crippen molar-refractivity contribution in [2.24, 2.45) is 0 Å². The van der Waals surface area contributed by atoms with E-state index in [0.29, 0.717) is 13.1 Å². The second-order valence-corrected chi connectivity index (χ2v) is 6.04. The average Bonchev–Trinajstić information content (AvgIpc) is 2.98. The van der Waals surface area contributed by atoms with Crippen LogP contribution in [0, 0.1) is 0 Å². The molecule has 1 aliphatic rings. The zero-order chi connectivity index (χ0) is 17.1. The molecule has 2 aromatic carbocycles. The molecule has 0 aromatic heterocycles. The summed E-state index contributed by atoms with van der Waals surface area (Å²) in [5.41, 5.74) is 4.13. The fraction of sp³-hybridized carbons (Fsp3) is 0.316. The molecule has 0 fully saturated rings. The number of nitrogens with zero attached hydrogens (tertiary/aromatic N) is 1. The van der Waals surface area contributed by atoms with Gasteiger partial charge in [-0.1, -0.05) is 18.2 Å². The number of urea groups is 1. The predicted octanol–water partition coefficient (Wildman–Crippen LogP) is 3.66. The molecule has 2 aromatic rings. The normalized spacial score (nSPS) is 14.2. The standard InChI is InChI=1S/C19H23N3O2/c1-3-20-19(24)22-10-9-14-7-8-16(12-18(14)22)21-13(2)15-5-4-6-17(23)11-15/h4-8,11-13,21,23H,3,9-10H2,1-2H3,(H,20,24)/t13-/m0/s1. The summed E-state index contributed by atoms with van der Waals surface area (Å²) in [5, 5.41) is 15.9. The summed E-state index contributed by atoms with van der Waals surface area (Å²) in [6.07, 6.45) is 0.884. The van der Waals surface area contributed by atoms with E-state index in [1.165, 1.54) is 5.56 Å². The first kappa shape index (κ1) is 16.2. The summed E-state index contributed by atoms with van der Waals surface area (Å²) in [5.74, 6) is 0.262. The van der Waals surface area contributed by atoms with Crippen LogP contribution in [0.2, 0.25) is 0 Å². The lowest BCUT2D eigenvalue weighted by atomic mass is 10.1. The summed E-state index contributed by atoms with van der Waals surface area (Å²) in [6.45, 7) is 5.30. The molecule has 3 rings (SSSR count). The van der Waals surface area contributed by atoms with E-state index in [9.17, 15) is 9.90 Å². The average molecular weight is 325 g/mol. The Bertz CT molecular complexity index is 745. The van der Waals surface area contributed by atoms with Crippen LogP contribution in [0.5, 0.6) is 5.75 Å². The van der Waals surface area contributed by atoms with Crippen LogP contribution in [-0.4, -0.2) is 24.2 Å². The molecule has 2 amide bonds. The number of phenols is 1. The van der Waals surface area contributed by atoms with Crippen LogP contribution in [0.25, 0.3) is 0 Å². The molecule has 0 spiro atoms.